The summed E-state index contributed by atoms with van der Waals surface area (Å²) < 4.78 is 18.6. The minimum atomic E-state index is -2.79. The fourth-order valence-electron chi connectivity index (χ4n) is 2.07. The van der Waals surface area contributed by atoms with E-state index in [9.17, 15) is 0 Å². The van der Waals surface area contributed by atoms with E-state index in [0.29, 0.717) is 19.8 Å². The Kier molecular flexibility index (Phi) is 11.0. The predicted octanol–water partition coefficient (Wildman–Crippen LogP) is 4.27. The fourth-order valence-corrected chi connectivity index (χ4v) is 5.18. The number of alkyl halides is 1. The summed E-state index contributed by atoms with van der Waals surface area (Å²) in [5.41, 5.74) is 0. The van der Waals surface area contributed by atoms with Crippen LogP contribution in [-0.2, 0) is 13.3 Å². The number of benzene rings is 1. The summed E-state index contributed by atoms with van der Waals surface area (Å²) in [7, 11) is -2.79. The van der Waals surface area contributed by atoms with Gasteiger partial charge < -0.3 is 13.3 Å². The minimum absolute atomic E-state index is 0.673. The molecule has 0 saturated heterocycles. The molecule has 0 aromatic heterocycles. The van der Waals surface area contributed by atoms with Gasteiger partial charge in [0.1, 0.15) is 0 Å². The molecule has 1 rings (SSSR count). The normalized spacial score (nSPS) is 11.8. The van der Waals surface area contributed by atoms with Gasteiger partial charge in [0.2, 0.25) is 0 Å². The Hall–Kier alpha value is -0.203. The van der Waals surface area contributed by atoms with Gasteiger partial charge in [0.05, 0.1) is 0 Å². The molecule has 0 aliphatic heterocycles. The molecule has 0 heterocycles. The molecular weight excluding hydrogens is 360 g/mol. The van der Waals surface area contributed by atoms with Gasteiger partial charge in [0.15, 0.2) is 0 Å². The van der Waals surface area contributed by atoms with Crippen LogP contribution in [0.2, 0.25) is 0 Å². The van der Waals surface area contributed by atoms with Gasteiger partial charge in [-0.05, 0) is 25.7 Å². The summed E-state index contributed by atoms with van der Waals surface area (Å²) in [5.74, 6) is 0. The van der Waals surface area contributed by atoms with Gasteiger partial charge in [-0.25, -0.2) is 0 Å². The van der Waals surface area contributed by atoms with Gasteiger partial charge in [-0.3, -0.25) is 0 Å². The first-order valence-electron chi connectivity index (χ1n) is 8.32. The molecule has 0 radical (unpaired) electrons. The molecule has 0 unspecified atom stereocenters. The van der Waals surface area contributed by atoms with Crippen LogP contribution in [0.15, 0.2) is 30.3 Å². The van der Waals surface area contributed by atoms with Gasteiger partial charge in [0, 0.05) is 30.3 Å². The average Bonchev–Trinajstić information content (AvgIpc) is 2.57. The van der Waals surface area contributed by atoms with Crippen LogP contribution in [0.5, 0.6) is 0 Å². The molecule has 0 N–H and O–H groups in total. The second-order valence-electron chi connectivity index (χ2n) is 5.22. The van der Waals surface area contributed by atoms with Crippen molar-refractivity contribution in [2.75, 3.05) is 25.2 Å². The summed E-state index contributed by atoms with van der Waals surface area (Å²) >= 11 is 3.46. The van der Waals surface area contributed by atoms with Crippen molar-refractivity contribution in [3.05, 3.63) is 30.3 Å². The standard InChI is InChI=1S/C17H29BrO3Si/c1-3-14-19-22(20-15-4-2,17-11-7-5-8-12-17)21-16-10-6-9-13-18/h5,7-8,11-12H,3-4,6,9-10,13-16H2,1-2H3. The highest BCUT2D eigenvalue weighted by molar-refractivity contribution is 9.09. The first-order chi connectivity index (χ1) is 10.8. The lowest BCUT2D eigenvalue weighted by atomic mass is 10.3. The Bertz CT molecular complexity index is 367. The van der Waals surface area contributed by atoms with Crippen LogP contribution >= 0.6 is 15.9 Å². The van der Waals surface area contributed by atoms with Crippen molar-refractivity contribution in [1.82, 2.24) is 0 Å². The number of halogens is 1. The van der Waals surface area contributed by atoms with Crippen molar-refractivity contribution in [3.8, 4) is 0 Å². The molecule has 0 saturated carbocycles. The molecule has 0 bridgehead atoms. The maximum absolute atomic E-state index is 6.25. The van der Waals surface area contributed by atoms with Crippen LogP contribution in [-0.4, -0.2) is 34.0 Å². The maximum Gasteiger partial charge on any atom is 0.537 e. The summed E-state index contributed by atoms with van der Waals surface area (Å²) in [5, 5.41) is 2.12. The zero-order chi connectivity index (χ0) is 16.1. The third-order valence-corrected chi connectivity index (χ3v) is 6.54. The van der Waals surface area contributed by atoms with E-state index in [2.05, 4.69) is 41.9 Å². The third-order valence-electron chi connectivity index (χ3n) is 3.19. The lowest BCUT2D eigenvalue weighted by molar-refractivity contribution is 0.0718. The Labute approximate surface area is 144 Å². The van der Waals surface area contributed by atoms with E-state index in [-0.39, 0.29) is 0 Å². The van der Waals surface area contributed by atoms with Crippen LogP contribution in [0.4, 0.5) is 0 Å². The van der Waals surface area contributed by atoms with Crippen LogP contribution in [0.1, 0.15) is 46.0 Å². The van der Waals surface area contributed by atoms with Crippen LogP contribution < -0.4 is 5.19 Å². The SMILES string of the molecule is CCCO[Si](OCCC)(OCCCCCBr)c1ccccc1. The summed E-state index contributed by atoms with van der Waals surface area (Å²) in [6.45, 7) is 6.26. The van der Waals surface area contributed by atoms with E-state index < -0.39 is 8.80 Å². The molecule has 22 heavy (non-hydrogen) atoms. The quantitative estimate of drug-likeness (QED) is 0.287. The van der Waals surface area contributed by atoms with E-state index >= 15 is 0 Å². The maximum atomic E-state index is 6.25. The predicted molar refractivity (Wildman–Crippen MR) is 97.9 cm³/mol. The molecule has 0 amide bonds. The Morgan fingerprint density at radius 2 is 1.41 bits per heavy atom. The van der Waals surface area contributed by atoms with E-state index in [1.807, 2.05) is 18.2 Å². The monoisotopic (exact) mass is 388 g/mol. The molecule has 1 aromatic carbocycles. The fraction of sp³-hybridized carbons (Fsp3) is 0.647. The molecule has 0 aliphatic carbocycles. The van der Waals surface area contributed by atoms with Crippen molar-refractivity contribution < 1.29 is 13.3 Å². The molecule has 0 atom stereocenters. The van der Waals surface area contributed by atoms with E-state index in [1.165, 1.54) is 6.42 Å². The third kappa shape index (κ3) is 6.92. The molecular formula is C17H29BrO3Si. The van der Waals surface area contributed by atoms with Gasteiger partial charge >= 0.3 is 8.80 Å². The van der Waals surface area contributed by atoms with Crippen LogP contribution in [0.3, 0.4) is 0 Å². The second kappa shape index (κ2) is 12.2. The molecule has 5 heteroatoms. The van der Waals surface area contributed by atoms with Gasteiger partial charge in [-0.1, -0.05) is 66.5 Å². The summed E-state index contributed by atoms with van der Waals surface area (Å²) in [4.78, 5) is 0. The first kappa shape index (κ1) is 19.8. The van der Waals surface area contributed by atoms with Crippen molar-refractivity contribution in [2.24, 2.45) is 0 Å². The largest absolute Gasteiger partial charge is 0.537 e. The Morgan fingerprint density at radius 3 is 1.95 bits per heavy atom. The van der Waals surface area contributed by atoms with Gasteiger partial charge in [-0.2, -0.15) is 0 Å². The Balaban J connectivity index is 2.78. The number of unbranched alkanes of at least 4 members (excludes halogenated alkanes) is 2. The smallest absolute Gasteiger partial charge is 0.370 e. The van der Waals surface area contributed by atoms with Gasteiger partial charge in [-0.15, -0.1) is 0 Å². The molecule has 3 nitrogen and oxygen atoms in total. The zero-order valence-corrected chi connectivity index (χ0v) is 16.4. The molecule has 0 aliphatic rings. The van der Waals surface area contributed by atoms with Crippen molar-refractivity contribution in [3.63, 3.8) is 0 Å². The Morgan fingerprint density at radius 1 is 0.818 bits per heavy atom. The molecule has 126 valence electrons. The number of hydrogen-bond donors (Lipinski definition) is 0. The van der Waals surface area contributed by atoms with Crippen molar-refractivity contribution in [1.29, 1.82) is 0 Å². The van der Waals surface area contributed by atoms with Crippen LogP contribution in [0.25, 0.3) is 0 Å². The molecule has 1 aromatic rings. The van der Waals surface area contributed by atoms with E-state index in [0.717, 1.165) is 36.2 Å². The average molecular weight is 389 g/mol. The van der Waals surface area contributed by atoms with Crippen molar-refractivity contribution >= 4 is 29.9 Å². The minimum Gasteiger partial charge on any atom is -0.370 e. The highest BCUT2D eigenvalue weighted by atomic mass is 79.9. The molecule has 0 fully saturated rings. The number of hydrogen-bond acceptors (Lipinski definition) is 3. The van der Waals surface area contributed by atoms with Gasteiger partial charge in [0.25, 0.3) is 0 Å². The highest BCUT2D eigenvalue weighted by Gasteiger charge is 2.43. The van der Waals surface area contributed by atoms with Crippen molar-refractivity contribution in [2.45, 2.75) is 46.0 Å². The molecule has 0 spiro atoms. The van der Waals surface area contributed by atoms with Crippen LogP contribution in [0, 0.1) is 0 Å². The van der Waals surface area contributed by atoms with E-state index in [1.54, 1.807) is 0 Å². The highest BCUT2D eigenvalue weighted by Crippen LogP contribution is 2.13. The summed E-state index contributed by atoms with van der Waals surface area (Å²) in [6.07, 6.45) is 5.30. The topological polar surface area (TPSA) is 27.7 Å². The second-order valence-corrected chi connectivity index (χ2v) is 8.57. The lowest BCUT2D eigenvalue weighted by Gasteiger charge is -2.30. The number of rotatable bonds is 13. The lowest BCUT2D eigenvalue weighted by Crippen LogP contribution is -2.57. The summed E-state index contributed by atoms with van der Waals surface area (Å²) in [6, 6.07) is 10.2. The zero-order valence-electron chi connectivity index (χ0n) is 13.9. The van der Waals surface area contributed by atoms with E-state index in [4.69, 9.17) is 13.3 Å². The first-order valence-corrected chi connectivity index (χ1v) is 11.2.